The van der Waals surface area contributed by atoms with Crippen LogP contribution in [0, 0.1) is 6.92 Å². The number of rotatable bonds is 5. The Bertz CT molecular complexity index is 333. The first kappa shape index (κ1) is 11.8. The van der Waals surface area contributed by atoms with Crippen molar-refractivity contribution in [2.75, 3.05) is 18.5 Å². The molecule has 0 heterocycles. The fourth-order valence-electron chi connectivity index (χ4n) is 1.70. The topological polar surface area (TPSA) is 20.3 Å². The van der Waals surface area contributed by atoms with Gasteiger partial charge in [0.1, 0.15) is 0 Å². The van der Waals surface area contributed by atoms with Gasteiger partial charge in [0, 0.05) is 19.2 Å². The fraction of sp³-hybridized carbons (Fsp3) is 0.462. The van der Waals surface area contributed by atoms with E-state index >= 15 is 0 Å². The third-order valence-corrected chi connectivity index (χ3v) is 2.47. The van der Waals surface area contributed by atoms with E-state index < -0.39 is 0 Å². The number of nitrogens with zero attached hydrogens (tertiary/aromatic N) is 1. The molecule has 82 valence electrons. The summed E-state index contributed by atoms with van der Waals surface area (Å²) in [7, 11) is 1.97. The number of likely N-dealkylation sites (N-methyl/N-ethyl adjacent to an activating group) is 1. The Morgan fingerprint density at radius 1 is 1.33 bits per heavy atom. The highest BCUT2D eigenvalue weighted by atomic mass is 16.1. The number of ketones is 1. The minimum absolute atomic E-state index is 0.309. The molecule has 0 aliphatic rings. The highest BCUT2D eigenvalue weighted by Gasteiger charge is 2.07. The molecule has 0 unspecified atom stereocenters. The number of Topliss-reactive ketones (excluding diaryl/α,β-unsaturated/α-hetero) is 1. The van der Waals surface area contributed by atoms with Gasteiger partial charge in [-0.15, -0.1) is 0 Å². The molecule has 0 N–H and O–H groups in total. The van der Waals surface area contributed by atoms with E-state index in [2.05, 4.69) is 19.1 Å². The van der Waals surface area contributed by atoms with Crippen molar-refractivity contribution >= 4 is 11.5 Å². The van der Waals surface area contributed by atoms with E-state index in [-0.39, 0.29) is 0 Å². The zero-order valence-corrected chi connectivity index (χ0v) is 9.79. The quantitative estimate of drug-likeness (QED) is 0.736. The molecule has 0 radical (unpaired) electrons. The second kappa shape index (κ2) is 5.54. The van der Waals surface area contributed by atoms with Crippen molar-refractivity contribution in [1.82, 2.24) is 0 Å². The van der Waals surface area contributed by atoms with Crippen LogP contribution in [-0.2, 0) is 4.79 Å². The molecule has 0 bridgehead atoms. The largest absolute Gasteiger partial charge is 0.367 e. The molecule has 0 spiro atoms. The van der Waals surface area contributed by atoms with Gasteiger partial charge in [-0.25, -0.2) is 0 Å². The van der Waals surface area contributed by atoms with Crippen LogP contribution in [-0.4, -0.2) is 19.4 Å². The first-order valence-electron chi connectivity index (χ1n) is 5.43. The Morgan fingerprint density at radius 3 is 2.60 bits per heavy atom. The summed E-state index contributed by atoms with van der Waals surface area (Å²) in [6, 6.07) is 8.13. The lowest BCUT2D eigenvalue weighted by Crippen LogP contribution is -2.25. The van der Waals surface area contributed by atoms with Crippen LogP contribution in [0.1, 0.15) is 25.3 Å². The van der Waals surface area contributed by atoms with Crippen molar-refractivity contribution in [1.29, 1.82) is 0 Å². The van der Waals surface area contributed by atoms with Crippen molar-refractivity contribution in [3.05, 3.63) is 29.8 Å². The Labute approximate surface area is 91.9 Å². The molecule has 0 aromatic heterocycles. The van der Waals surface area contributed by atoms with Crippen LogP contribution < -0.4 is 4.90 Å². The van der Waals surface area contributed by atoms with Crippen LogP contribution in [0.3, 0.4) is 0 Å². The maximum Gasteiger partial charge on any atom is 0.152 e. The van der Waals surface area contributed by atoms with Crippen LogP contribution >= 0.6 is 0 Å². The molecule has 0 saturated heterocycles. The zero-order chi connectivity index (χ0) is 11.3. The molecule has 15 heavy (non-hydrogen) atoms. The normalized spacial score (nSPS) is 10.1. The Kier molecular flexibility index (Phi) is 4.35. The van der Waals surface area contributed by atoms with Gasteiger partial charge >= 0.3 is 0 Å². The van der Waals surface area contributed by atoms with Gasteiger partial charge in [0.2, 0.25) is 0 Å². The molecule has 0 amide bonds. The smallest absolute Gasteiger partial charge is 0.152 e. The average molecular weight is 205 g/mol. The van der Waals surface area contributed by atoms with E-state index in [4.69, 9.17) is 0 Å². The van der Waals surface area contributed by atoms with Gasteiger partial charge in [-0.2, -0.15) is 0 Å². The van der Waals surface area contributed by atoms with Crippen molar-refractivity contribution in [3.63, 3.8) is 0 Å². The highest BCUT2D eigenvalue weighted by Crippen LogP contribution is 2.17. The van der Waals surface area contributed by atoms with Crippen molar-refractivity contribution in [2.45, 2.75) is 26.7 Å². The summed E-state index contributed by atoms with van der Waals surface area (Å²) in [5.74, 6) is 0.309. The molecule has 0 aliphatic carbocycles. The monoisotopic (exact) mass is 205 g/mol. The molecule has 1 aromatic carbocycles. The lowest BCUT2D eigenvalue weighted by Gasteiger charge is -2.20. The first-order valence-corrected chi connectivity index (χ1v) is 5.43. The van der Waals surface area contributed by atoms with Gasteiger partial charge < -0.3 is 4.90 Å². The van der Waals surface area contributed by atoms with Crippen LogP contribution in [0.15, 0.2) is 24.3 Å². The first-order chi connectivity index (χ1) is 7.15. The Hall–Kier alpha value is -1.31. The summed E-state index contributed by atoms with van der Waals surface area (Å²) >= 11 is 0. The van der Waals surface area contributed by atoms with Crippen molar-refractivity contribution < 1.29 is 4.79 Å². The zero-order valence-electron chi connectivity index (χ0n) is 9.79. The lowest BCUT2D eigenvalue weighted by molar-refractivity contribution is -0.117. The van der Waals surface area contributed by atoms with Gasteiger partial charge in [-0.3, -0.25) is 4.79 Å². The van der Waals surface area contributed by atoms with E-state index in [0.29, 0.717) is 18.7 Å². The second-order valence-electron chi connectivity index (χ2n) is 3.93. The van der Waals surface area contributed by atoms with Gasteiger partial charge in [0.15, 0.2) is 5.78 Å². The highest BCUT2D eigenvalue weighted by molar-refractivity contribution is 5.83. The number of anilines is 1. The van der Waals surface area contributed by atoms with Gasteiger partial charge in [0.25, 0.3) is 0 Å². The Morgan fingerprint density at radius 2 is 2.00 bits per heavy atom. The molecule has 0 aliphatic heterocycles. The average Bonchev–Trinajstić information content (AvgIpc) is 2.18. The summed E-state index contributed by atoms with van der Waals surface area (Å²) in [6.45, 7) is 4.61. The van der Waals surface area contributed by atoms with Gasteiger partial charge in [-0.05, 0) is 25.0 Å². The van der Waals surface area contributed by atoms with Crippen molar-refractivity contribution in [3.8, 4) is 0 Å². The van der Waals surface area contributed by atoms with Gasteiger partial charge in [0.05, 0.1) is 6.54 Å². The Balaban J connectivity index is 2.65. The molecular weight excluding hydrogens is 186 g/mol. The number of carbonyl (C=O) groups is 1. The molecular formula is C13H19NO. The molecule has 1 rings (SSSR count). The third kappa shape index (κ3) is 3.39. The number of aryl methyl sites for hydroxylation is 1. The van der Waals surface area contributed by atoms with E-state index in [1.807, 2.05) is 31.0 Å². The number of benzene rings is 1. The standard InChI is InChI=1S/C13H19NO/c1-4-7-12(15)10-14(3)13-9-6-5-8-11(13)2/h5-6,8-9H,4,7,10H2,1-3H3. The van der Waals surface area contributed by atoms with Gasteiger partial charge in [-0.1, -0.05) is 25.1 Å². The minimum Gasteiger partial charge on any atom is -0.367 e. The number of hydrogen-bond acceptors (Lipinski definition) is 2. The summed E-state index contributed by atoms with van der Waals surface area (Å²) in [5.41, 5.74) is 2.35. The van der Waals surface area contributed by atoms with Crippen LogP contribution in [0.2, 0.25) is 0 Å². The van der Waals surface area contributed by atoms with E-state index in [1.165, 1.54) is 5.56 Å². The maximum absolute atomic E-state index is 11.5. The molecule has 0 saturated carbocycles. The lowest BCUT2D eigenvalue weighted by atomic mass is 10.1. The molecule has 2 heteroatoms. The summed E-state index contributed by atoms with van der Waals surface area (Å²) in [4.78, 5) is 13.5. The summed E-state index contributed by atoms with van der Waals surface area (Å²) in [5, 5.41) is 0. The summed E-state index contributed by atoms with van der Waals surface area (Å²) in [6.07, 6.45) is 1.61. The van der Waals surface area contributed by atoms with E-state index in [9.17, 15) is 4.79 Å². The second-order valence-corrected chi connectivity index (χ2v) is 3.93. The predicted molar refractivity (Wildman–Crippen MR) is 64.4 cm³/mol. The minimum atomic E-state index is 0.309. The SMILES string of the molecule is CCCC(=O)CN(C)c1ccccc1C. The number of carbonyl (C=O) groups excluding carboxylic acids is 1. The van der Waals surface area contributed by atoms with Crippen molar-refractivity contribution in [2.24, 2.45) is 0 Å². The van der Waals surface area contributed by atoms with Crippen LogP contribution in [0.25, 0.3) is 0 Å². The predicted octanol–water partition coefficient (Wildman–Crippen LogP) is 2.80. The van der Waals surface area contributed by atoms with Crippen LogP contribution in [0.4, 0.5) is 5.69 Å². The maximum atomic E-state index is 11.5. The molecule has 2 nitrogen and oxygen atoms in total. The molecule has 1 aromatic rings. The van der Waals surface area contributed by atoms with Crippen LogP contribution in [0.5, 0.6) is 0 Å². The molecule has 0 fully saturated rings. The molecule has 0 atom stereocenters. The third-order valence-electron chi connectivity index (χ3n) is 2.47. The summed E-state index contributed by atoms with van der Waals surface area (Å²) < 4.78 is 0. The number of para-hydroxylation sites is 1. The van der Waals surface area contributed by atoms with E-state index in [0.717, 1.165) is 12.1 Å². The fourth-order valence-corrected chi connectivity index (χ4v) is 1.70. The number of hydrogen-bond donors (Lipinski definition) is 0. The van der Waals surface area contributed by atoms with E-state index in [1.54, 1.807) is 0 Å².